The summed E-state index contributed by atoms with van der Waals surface area (Å²) in [5.41, 5.74) is 0.929. The summed E-state index contributed by atoms with van der Waals surface area (Å²) in [6.07, 6.45) is 4.26. The average molecular weight is 290 g/mol. The predicted octanol–water partition coefficient (Wildman–Crippen LogP) is 2.06. The van der Waals surface area contributed by atoms with E-state index in [-0.39, 0.29) is 23.7 Å². The third kappa shape index (κ3) is 3.06. The molecule has 1 saturated heterocycles. The van der Waals surface area contributed by atoms with Crippen LogP contribution in [0.1, 0.15) is 43.7 Å². The predicted molar refractivity (Wildman–Crippen MR) is 75.8 cm³/mol. The number of carbonyl (C=O) groups excluding carboxylic acids is 2. The van der Waals surface area contributed by atoms with Crippen molar-refractivity contribution in [3.8, 4) is 0 Å². The van der Waals surface area contributed by atoms with Crippen LogP contribution in [-0.4, -0.2) is 17.9 Å². The van der Waals surface area contributed by atoms with E-state index in [1.54, 1.807) is 12.1 Å². The zero-order valence-electron chi connectivity index (χ0n) is 11.8. The van der Waals surface area contributed by atoms with Gasteiger partial charge in [0.2, 0.25) is 11.8 Å². The van der Waals surface area contributed by atoms with Crippen LogP contribution >= 0.6 is 0 Å². The zero-order valence-corrected chi connectivity index (χ0v) is 11.8. The van der Waals surface area contributed by atoms with E-state index in [9.17, 15) is 14.0 Å². The molecule has 0 unspecified atom stereocenters. The Balaban J connectivity index is 1.72. The van der Waals surface area contributed by atoms with Crippen LogP contribution in [0, 0.1) is 11.7 Å². The molecule has 2 amide bonds. The van der Waals surface area contributed by atoms with Crippen molar-refractivity contribution < 1.29 is 14.0 Å². The van der Waals surface area contributed by atoms with Gasteiger partial charge in [0.05, 0.1) is 6.04 Å². The van der Waals surface area contributed by atoms with E-state index < -0.39 is 6.04 Å². The van der Waals surface area contributed by atoms with Gasteiger partial charge in [0.15, 0.2) is 0 Å². The number of nitrogens with one attached hydrogen (secondary N) is 2. The fraction of sp³-hybridized carbons (Fsp3) is 0.500. The smallest absolute Gasteiger partial charge is 0.243 e. The second-order valence-corrected chi connectivity index (χ2v) is 5.89. The minimum absolute atomic E-state index is 0.0721. The number of hydrogen-bond donors (Lipinski definition) is 2. The molecule has 2 N–H and O–H groups in total. The molecule has 0 spiro atoms. The normalized spacial score (nSPS) is 23.3. The summed E-state index contributed by atoms with van der Waals surface area (Å²) < 4.78 is 13.1. The number of carbonyl (C=O) groups is 2. The third-order valence-corrected chi connectivity index (χ3v) is 4.46. The molecule has 1 aliphatic carbocycles. The quantitative estimate of drug-likeness (QED) is 0.892. The lowest BCUT2D eigenvalue weighted by Gasteiger charge is -2.35. The molecule has 21 heavy (non-hydrogen) atoms. The molecule has 2 atom stereocenters. The number of hydrogen-bond acceptors (Lipinski definition) is 2. The molecule has 0 bridgehead atoms. The van der Waals surface area contributed by atoms with Crippen LogP contribution in [0.2, 0.25) is 0 Å². The maximum atomic E-state index is 13.1. The lowest BCUT2D eigenvalue weighted by atomic mass is 9.77. The van der Waals surface area contributed by atoms with Crippen molar-refractivity contribution in [2.45, 2.75) is 44.2 Å². The molecule has 1 aliphatic heterocycles. The first-order valence-corrected chi connectivity index (χ1v) is 7.48. The van der Waals surface area contributed by atoms with Crippen molar-refractivity contribution in [3.05, 3.63) is 35.6 Å². The van der Waals surface area contributed by atoms with Gasteiger partial charge < -0.3 is 10.6 Å². The Bertz CT molecular complexity index is 540. The van der Waals surface area contributed by atoms with Gasteiger partial charge in [-0.15, -0.1) is 0 Å². The fourth-order valence-corrected chi connectivity index (χ4v) is 2.98. The lowest BCUT2D eigenvalue weighted by Crippen LogP contribution is -2.45. The molecule has 2 aliphatic rings. The summed E-state index contributed by atoms with van der Waals surface area (Å²) >= 11 is 0. The van der Waals surface area contributed by atoms with Crippen molar-refractivity contribution in [1.29, 1.82) is 0 Å². The average Bonchev–Trinajstić information content (AvgIpc) is 2.83. The van der Waals surface area contributed by atoms with Gasteiger partial charge in [-0.2, -0.15) is 0 Å². The lowest BCUT2D eigenvalue weighted by molar-refractivity contribution is -0.126. The molecule has 112 valence electrons. The number of amides is 2. The highest BCUT2D eigenvalue weighted by molar-refractivity contribution is 5.91. The van der Waals surface area contributed by atoms with E-state index in [4.69, 9.17) is 0 Å². The Morgan fingerprint density at radius 2 is 1.95 bits per heavy atom. The van der Waals surface area contributed by atoms with Crippen molar-refractivity contribution in [2.75, 3.05) is 0 Å². The first kappa shape index (κ1) is 14.0. The molecule has 1 aromatic rings. The van der Waals surface area contributed by atoms with Gasteiger partial charge in [-0.3, -0.25) is 9.59 Å². The highest BCUT2D eigenvalue weighted by atomic mass is 19.1. The number of benzene rings is 1. The molecule has 5 heteroatoms. The Kier molecular flexibility index (Phi) is 3.90. The number of rotatable bonds is 4. The number of halogens is 1. The van der Waals surface area contributed by atoms with Gasteiger partial charge in [-0.1, -0.05) is 18.6 Å². The topological polar surface area (TPSA) is 58.2 Å². The van der Waals surface area contributed by atoms with Crippen molar-refractivity contribution >= 4 is 11.8 Å². The summed E-state index contributed by atoms with van der Waals surface area (Å²) in [5.74, 6) is -0.0868. The van der Waals surface area contributed by atoms with Crippen LogP contribution in [0.5, 0.6) is 0 Å². The van der Waals surface area contributed by atoms with Crippen LogP contribution in [-0.2, 0) is 9.59 Å². The SMILES string of the molecule is O=C1CC[C@@H](C(=O)N[C@@H](c2ccc(F)cc2)C2CCC2)N1. The molecular formula is C16H19FN2O2. The molecule has 1 saturated carbocycles. The zero-order chi connectivity index (χ0) is 14.8. The van der Waals surface area contributed by atoms with Crippen molar-refractivity contribution in [1.82, 2.24) is 10.6 Å². The molecule has 4 nitrogen and oxygen atoms in total. The summed E-state index contributed by atoms with van der Waals surface area (Å²) in [7, 11) is 0. The second-order valence-electron chi connectivity index (χ2n) is 5.89. The molecule has 0 aromatic heterocycles. The molecule has 1 heterocycles. The minimum atomic E-state index is -0.430. The maximum Gasteiger partial charge on any atom is 0.243 e. The summed E-state index contributed by atoms with van der Waals surface area (Å²) in [5, 5.41) is 5.72. The van der Waals surface area contributed by atoms with Crippen LogP contribution in [0.3, 0.4) is 0 Å². The van der Waals surface area contributed by atoms with Gasteiger partial charge in [0.1, 0.15) is 11.9 Å². The van der Waals surface area contributed by atoms with Crippen LogP contribution in [0.15, 0.2) is 24.3 Å². The molecular weight excluding hydrogens is 271 g/mol. The first-order chi connectivity index (χ1) is 10.1. The van der Waals surface area contributed by atoms with Gasteiger partial charge in [-0.25, -0.2) is 4.39 Å². The largest absolute Gasteiger partial charge is 0.347 e. The van der Waals surface area contributed by atoms with E-state index in [1.807, 2.05) is 0 Å². The van der Waals surface area contributed by atoms with E-state index in [0.29, 0.717) is 18.8 Å². The Labute approximate surface area is 123 Å². The van der Waals surface area contributed by atoms with E-state index in [0.717, 1.165) is 18.4 Å². The molecule has 3 rings (SSSR count). The standard InChI is InChI=1S/C16H19FN2O2/c17-12-6-4-11(5-7-12)15(10-2-1-3-10)19-16(21)13-8-9-14(20)18-13/h4-7,10,13,15H,1-3,8-9H2,(H,18,20)(H,19,21)/t13-,15+/m0/s1. The molecule has 1 aromatic carbocycles. The minimum Gasteiger partial charge on any atom is -0.347 e. The summed E-state index contributed by atoms with van der Waals surface area (Å²) in [6, 6.07) is 5.78. The Morgan fingerprint density at radius 1 is 1.24 bits per heavy atom. The van der Waals surface area contributed by atoms with E-state index >= 15 is 0 Å². The van der Waals surface area contributed by atoms with Crippen LogP contribution < -0.4 is 10.6 Å². The van der Waals surface area contributed by atoms with Crippen molar-refractivity contribution in [2.24, 2.45) is 5.92 Å². The highest BCUT2D eigenvalue weighted by Gasteiger charge is 2.33. The van der Waals surface area contributed by atoms with Gasteiger partial charge in [0, 0.05) is 6.42 Å². The molecule has 2 fully saturated rings. The van der Waals surface area contributed by atoms with Crippen LogP contribution in [0.4, 0.5) is 4.39 Å². The Morgan fingerprint density at radius 3 is 2.48 bits per heavy atom. The maximum absolute atomic E-state index is 13.1. The van der Waals surface area contributed by atoms with E-state index in [1.165, 1.54) is 18.6 Å². The monoisotopic (exact) mass is 290 g/mol. The van der Waals surface area contributed by atoms with Gasteiger partial charge >= 0.3 is 0 Å². The van der Waals surface area contributed by atoms with Crippen LogP contribution in [0.25, 0.3) is 0 Å². The second kappa shape index (κ2) is 5.84. The summed E-state index contributed by atoms with van der Waals surface area (Å²) in [4.78, 5) is 23.5. The Hall–Kier alpha value is -1.91. The molecule has 0 radical (unpaired) electrons. The summed E-state index contributed by atoms with van der Waals surface area (Å²) in [6.45, 7) is 0. The van der Waals surface area contributed by atoms with E-state index in [2.05, 4.69) is 10.6 Å². The fourth-order valence-electron chi connectivity index (χ4n) is 2.98. The van der Waals surface area contributed by atoms with Gasteiger partial charge in [0.25, 0.3) is 0 Å². The highest BCUT2D eigenvalue weighted by Crippen LogP contribution is 2.37. The van der Waals surface area contributed by atoms with Crippen molar-refractivity contribution in [3.63, 3.8) is 0 Å². The first-order valence-electron chi connectivity index (χ1n) is 7.48. The van der Waals surface area contributed by atoms with Gasteiger partial charge in [-0.05, 0) is 42.9 Å². The third-order valence-electron chi connectivity index (χ3n) is 4.46.